The molecule has 2 aliphatic rings. The van der Waals surface area contributed by atoms with Gasteiger partial charge in [-0.05, 0) is 26.7 Å². The van der Waals surface area contributed by atoms with E-state index in [1.807, 2.05) is 13.8 Å². The first-order valence-electron chi connectivity index (χ1n) is 7.90. The van der Waals surface area contributed by atoms with E-state index in [2.05, 4.69) is 20.1 Å². The maximum Gasteiger partial charge on any atom is 0.272 e. The van der Waals surface area contributed by atoms with Crippen LogP contribution in [0.1, 0.15) is 59.8 Å². The average Bonchev–Trinajstić information content (AvgIpc) is 3.10. The molecule has 122 valence electrons. The summed E-state index contributed by atoms with van der Waals surface area (Å²) < 4.78 is 11.2. The molecule has 1 saturated heterocycles. The van der Waals surface area contributed by atoms with Gasteiger partial charge in [-0.3, -0.25) is 4.79 Å². The van der Waals surface area contributed by atoms with Crippen molar-refractivity contribution in [3.05, 3.63) is 29.4 Å². The summed E-state index contributed by atoms with van der Waals surface area (Å²) in [5, 5.41) is 4.02. The van der Waals surface area contributed by atoms with Crippen molar-refractivity contribution in [2.24, 2.45) is 0 Å². The van der Waals surface area contributed by atoms with Gasteiger partial charge in [0.05, 0.1) is 18.8 Å². The third-order valence-electron chi connectivity index (χ3n) is 4.16. The molecule has 2 atom stereocenters. The molecule has 8 heteroatoms. The summed E-state index contributed by atoms with van der Waals surface area (Å²) in [4.78, 5) is 25.8. The van der Waals surface area contributed by atoms with Crippen LogP contribution in [-0.4, -0.2) is 50.1 Å². The highest BCUT2D eigenvalue weighted by molar-refractivity contribution is 5.92. The molecule has 4 rings (SSSR count). The van der Waals surface area contributed by atoms with Crippen molar-refractivity contribution < 1.29 is 14.1 Å². The van der Waals surface area contributed by atoms with E-state index in [0.29, 0.717) is 30.6 Å². The number of morpholine rings is 1. The summed E-state index contributed by atoms with van der Waals surface area (Å²) >= 11 is 0. The summed E-state index contributed by atoms with van der Waals surface area (Å²) in [5.41, 5.74) is 0.486. The van der Waals surface area contributed by atoms with Crippen molar-refractivity contribution in [2.45, 2.75) is 44.8 Å². The minimum atomic E-state index is -0.383. The topological polar surface area (TPSA) is 97.1 Å². The molecular formula is C15H19N5O3. The Bertz CT molecular complexity index is 720. The molecule has 2 fully saturated rings. The highest BCUT2D eigenvalue weighted by Gasteiger charge is 2.35. The number of H-pyrrole nitrogens is 1. The summed E-state index contributed by atoms with van der Waals surface area (Å²) in [5.74, 6) is 2.27. The van der Waals surface area contributed by atoms with Crippen LogP contribution in [0.3, 0.4) is 0 Å². The Labute approximate surface area is 133 Å². The molecule has 2 aromatic heterocycles. The number of nitrogens with zero attached hydrogens (tertiary/aromatic N) is 4. The van der Waals surface area contributed by atoms with Crippen LogP contribution >= 0.6 is 0 Å². The van der Waals surface area contributed by atoms with Gasteiger partial charge in [0.2, 0.25) is 0 Å². The van der Waals surface area contributed by atoms with E-state index in [0.717, 1.165) is 24.5 Å². The third-order valence-corrected chi connectivity index (χ3v) is 4.16. The monoisotopic (exact) mass is 317 g/mol. The van der Waals surface area contributed by atoms with Crippen molar-refractivity contribution in [2.75, 3.05) is 13.1 Å². The molecule has 1 amide bonds. The largest absolute Gasteiger partial charge is 0.362 e. The Morgan fingerprint density at radius 2 is 2.22 bits per heavy atom. The number of rotatable bonds is 3. The molecule has 2 aromatic rings. The molecule has 23 heavy (non-hydrogen) atoms. The van der Waals surface area contributed by atoms with Crippen LogP contribution < -0.4 is 0 Å². The second kappa shape index (κ2) is 5.45. The number of imidazole rings is 1. The van der Waals surface area contributed by atoms with Crippen molar-refractivity contribution >= 4 is 5.91 Å². The SMILES string of the molecule is Cc1ncc(C(=O)N2C[C@@H](C)O[C@@H](c3nc(C4CC4)no3)C2)[nH]1. The summed E-state index contributed by atoms with van der Waals surface area (Å²) in [6.45, 7) is 4.67. The molecule has 3 heterocycles. The van der Waals surface area contributed by atoms with E-state index in [1.165, 1.54) is 0 Å². The van der Waals surface area contributed by atoms with Crippen LogP contribution in [0.25, 0.3) is 0 Å². The van der Waals surface area contributed by atoms with E-state index in [4.69, 9.17) is 9.26 Å². The molecule has 0 radical (unpaired) electrons. The molecular weight excluding hydrogens is 298 g/mol. The molecule has 8 nitrogen and oxygen atoms in total. The number of aryl methyl sites for hydroxylation is 1. The molecule has 1 aliphatic heterocycles. The van der Waals surface area contributed by atoms with Crippen LogP contribution in [-0.2, 0) is 4.74 Å². The number of hydrogen-bond acceptors (Lipinski definition) is 6. The quantitative estimate of drug-likeness (QED) is 0.923. The molecule has 0 aromatic carbocycles. The zero-order valence-corrected chi connectivity index (χ0v) is 13.2. The van der Waals surface area contributed by atoms with Gasteiger partial charge < -0.3 is 19.1 Å². The van der Waals surface area contributed by atoms with Gasteiger partial charge in [-0.25, -0.2) is 4.98 Å². The number of carbonyl (C=O) groups excluding carboxylic acids is 1. The van der Waals surface area contributed by atoms with E-state index < -0.39 is 0 Å². The van der Waals surface area contributed by atoms with Crippen LogP contribution in [0.4, 0.5) is 0 Å². The molecule has 1 aliphatic carbocycles. The Balaban J connectivity index is 1.51. The predicted molar refractivity (Wildman–Crippen MR) is 78.8 cm³/mol. The van der Waals surface area contributed by atoms with Crippen LogP contribution in [0.15, 0.2) is 10.7 Å². The lowest BCUT2D eigenvalue weighted by atomic mass is 10.2. The number of hydrogen-bond donors (Lipinski definition) is 1. The summed E-state index contributed by atoms with van der Waals surface area (Å²) in [6.07, 6.45) is 3.31. The van der Waals surface area contributed by atoms with E-state index in [-0.39, 0.29) is 18.1 Å². The van der Waals surface area contributed by atoms with Crippen molar-refractivity contribution in [3.8, 4) is 0 Å². The van der Waals surface area contributed by atoms with Crippen molar-refractivity contribution in [1.82, 2.24) is 25.0 Å². The highest BCUT2D eigenvalue weighted by atomic mass is 16.5. The first kappa shape index (κ1) is 14.4. The lowest BCUT2D eigenvalue weighted by Gasteiger charge is -2.34. The Morgan fingerprint density at radius 3 is 2.91 bits per heavy atom. The van der Waals surface area contributed by atoms with E-state index in [9.17, 15) is 4.79 Å². The minimum Gasteiger partial charge on any atom is -0.362 e. The molecule has 1 N–H and O–H groups in total. The van der Waals surface area contributed by atoms with E-state index >= 15 is 0 Å². The average molecular weight is 317 g/mol. The predicted octanol–water partition coefficient (Wildman–Crippen LogP) is 1.58. The zero-order chi connectivity index (χ0) is 16.0. The Kier molecular flexibility index (Phi) is 3.41. The maximum absolute atomic E-state index is 12.6. The van der Waals surface area contributed by atoms with Gasteiger partial charge >= 0.3 is 0 Å². The van der Waals surface area contributed by atoms with Gasteiger partial charge in [-0.2, -0.15) is 4.98 Å². The van der Waals surface area contributed by atoms with Crippen molar-refractivity contribution in [1.29, 1.82) is 0 Å². The van der Waals surface area contributed by atoms with Crippen molar-refractivity contribution in [3.63, 3.8) is 0 Å². The molecule has 0 unspecified atom stereocenters. The fraction of sp³-hybridized carbons (Fsp3) is 0.600. The van der Waals surface area contributed by atoms with Gasteiger partial charge in [0.15, 0.2) is 11.9 Å². The number of carbonyl (C=O) groups is 1. The van der Waals surface area contributed by atoms with Crippen LogP contribution in [0.2, 0.25) is 0 Å². The van der Waals surface area contributed by atoms with Crippen LogP contribution in [0.5, 0.6) is 0 Å². The molecule has 1 saturated carbocycles. The third kappa shape index (κ3) is 2.86. The van der Waals surface area contributed by atoms with E-state index in [1.54, 1.807) is 11.1 Å². The van der Waals surface area contributed by atoms with Gasteiger partial charge in [0.25, 0.3) is 11.8 Å². The fourth-order valence-corrected chi connectivity index (χ4v) is 2.84. The van der Waals surface area contributed by atoms with Gasteiger partial charge in [-0.1, -0.05) is 5.16 Å². The molecule has 0 spiro atoms. The maximum atomic E-state index is 12.6. The normalized spacial score (nSPS) is 24.9. The second-order valence-electron chi connectivity index (χ2n) is 6.29. The van der Waals surface area contributed by atoms with Gasteiger partial charge in [0.1, 0.15) is 11.5 Å². The molecule has 0 bridgehead atoms. The first-order valence-corrected chi connectivity index (χ1v) is 7.90. The number of aromatic amines is 1. The zero-order valence-electron chi connectivity index (χ0n) is 13.2. The van der Waals surface area contributed by atoms with Gasteiger partial charge in [0, 0.05) is 12.5 Å². The number of ether oxygens (including phenoxy) is 1. The fourth-order valence-electron chi connectivity index (χ4n) is 2.84. The summed E-state index contributed by atoms with van der Waals surface area (Å²) in [7, 11) is 0. The van der Waals surface area contributed by atoms with Gasteiger partial charge in [-0.15, -0.1) is 0 Å². The number of aromatic nitrogens is 4. The lowest BCUT2D eigenvalue weighted by molar-refractivity contribution is -0.0811. The minimum absolute atomic E-state index is 0.0901. The van der Waals surface area contributed by atoms with Crippen LogP contribution in [0, 0.1) is 6.92 Å². The lowest BCUT2D eigenvalue weighted by Crippen LogP contribution is -2.46. The second-order valence-corrected chi connectivity index (χ2v) is 6.29. The smallest absolute Gasteiger partial charge is 0.272 e. The number of amides is 1. The Morgan fingerprint density at radius 1 is 1.39 bits per heavy atom. The highest BCUT2D eigenvalue weighted by Crippen LogP contribution is 2.39. The summed E-state index contributed by atoms with van der Waals surface area (Å²) in [6, 6.07) is 0. The first-order chi connectivity index (χ1) is 11.1. The Hall–Kier alpha value is -2.22. The standard InChI is InChI=1S/C15H19N5O3/c1-8-6-20(15(21)11-5-16-9(2)17-11)7-12(22-8)14-18-13(19-23-14)10-3-4-10/h5,8,10,12H,3-4,6-7H2,1-2H3,(H,16,17)/t8-,12-/m1/s1. The number of nitrogens with one attached hydrogen (secondary N) is 1.